The first-order valence-corrected chi connectivity index (χ1v) is 13.2. The summed E-state index contributed by atoms with van der Waals surface area (Å²) in [6.07, 6.45) is -3.85. The summed E-state index contributed by atoms with van der Waals surface area (Å²) >= 11 is 7.27. The van der Waals surface area contributed by atoms with Crippen molar-refractivity contribution in [2.45, 2.75) is 25.1 Å². The van der Waals surface area contributed by atoms with Gasteiger partial charge in [0.05, 0.1) is 21.6 Å². The van der Waals surface area contributed by atoms with Crippen LogP contribution in [-0.4, -0.2) is 57.1 Å². The molecule has 0 atom stereocenters. The third-order valence-electron chi connectivity index (χ3n) is 6.13. The summed E-state index contributed by atoms with van der Waals surface area (Å²) in [7, 11) is 0. The van der Waals surface area contributed by atoms with Crippen LogP contribution in [0.25, 0.3) is 11.0 Å². The van der Waals surface area contributed by atoms with E-state index in [4.69, 9.17) is 17.3 Å². The van der Waals surface area contributed by atoms with Crippen LogP contribution in [0.1, 0.15) is 44.6 Å². The molecule has 1 saturated heterocycles. The fourth-order valence-electron chi connectivity index (χ4n) is 4.28. The molecule has 0 aliphatic carbocycles. The number of guanidine groups is 1. The number of likely N-dealkylation sites (tertiary alicyclic amines) is 1. The molecule has 10 nitrogen and oxygen atoms in total. The fraction of sp³-hybridized carbons (Fsp3) is 0.240. The van der Waals surface area contributed by atoms with Crippen LogP contribution in [0.3, 0.4) is 0 Å². The van der Waals surface area contributed by atoms with Crippen molar-refractivity contribution in [2.24, 2.45) is 10.7 Å². The van der Waals surface area contributed by atoms with Crippen molar-refractivity contribution in [3.8, 4) is 5.75 Å². The number of para-hydroxylation sites is 1. The summed E-state index contributed by atoms with van der Waals surface area (Å²) < 4.78 is 42.2. The number of aromatic amines is 1. The zero-order valence-electron chi connectivity index (χ0n) is 20.5. The Morgan fingerprint density at radius 1 is 1.18 bits per heavy atom. The quantitative estimate of drug-likeness (QED) is 0.221. The fourth-order valence-corrected chi connectivity index (χ4v) is 5.42. The Morgan fingerprint density at radius 3 is 2.67 bits per heavy atom. The molecule has 1 fully saturated rings. The number of nitrogens with two attached hydrogens (primary N) is 1. The van der Waals surface area contributed by atoms with E-state index in [1.54, 1.807) is 23.6 Å². The molecule has 3 heterocycles. The lowest BCUT2D eigenvalue weighted by Crippen LogP contribution is -2.38. The number of thiazole rings is 1. The molecule has 1 aliphatic heterocycles. The summed E-state index contributed by atoms with van der Waals surface area (Å²) in [4.78, 5) is 42.8. The number of H-pyrrole nitrogens is 1. The minimum Gasteiger partial charge on any atom is -0.405 e. The Bertz CT molecular complexity index is 1600. The van der Waals surface area contributed by atoms with Crippen LogP contribution < -0.4 is 15.8 Å². The monoisotopic (exact) mass is 591 g/mol. The van der Waals surface area contributed by atoms with Crippen molar-refractivity contribution >= 4 is 57.7 Å². The van der Waals surface area contributed by atoms with E-state index >= 15 is 0 Å². The van der Waals surface area contributed by atoms with Crippen molar-refractivity contribution in [3.05, 3.63) is 69.1 Å². The number of amides is 2. The lowest BCUT2D eigenvalue weighted by molar-refractivity contribution is -0.274. The van der Waals surface area contributed by atoms with Crippen LogP contribution in [0.4, 0.5) is 19.1 Å². The highest BCUT2D eigenvalue weighted by molar-refractivity contribution is 7.09. The molecule has 0 saturated carbocycles. The zero-order valence-corrected chi connectivity index (χ0v) is 22.1. The molecule has 5 rings (SSSR count). The van der Waals surface area contributed by atoms with E-state index < -0.39 is 23.9 Å². The number of aromatic nitrogens is 3. The number of carbonyl (C=O) groups excluding carboxylic acids is 2. The number of benzene rings is 2. The van der Waals surface area contributed by atoms with Crippen molar-refractivity contribution in [1.29, 1.82) is 0 Å². The number of hydrogen-bond donors (Lipinski definition) is 3. The third-order valence-corrected chi connectivity index (χ3v) is 7.37. The number of piperidine rings is 1. The van der Waals surface area contributed by atoms with Crippen molar-refractivity contribution < 1.29 is 27.5 Å². The zero-order chi connectivity index (χ0) is 28.4. The van der Waals surface area contributed by atoms with Gasteiger partial charge in [0.1, 0.15) is 11.4 Å². The smallest absolute Gasteiger partial charge is 0.405 e. The van der Waals surface area contributed by atoms with Crippen LogP contribution in [0.2, 0.25) is 5.02 Å². The SMILES string of the molecule is NC(=Nc1nc2ccc(Cl)cc2[nH]1)NC(=O)c1csc(C2CCN(C(=O)c3ccccc3OC(F)(F)F)CC2)n1. The van der Waals surface area contributed by atoms with E-state index in [1.165, 1.54) is 34.4 Å². The highest BCUT2D eigenvalue weighted by Gasteiger charge is 2.34. The summed E-state index contributed by atoms with van der Waals surface area (Å²) in [5, 5.41) is 5.32. The lowest BCUT2D eigenvalue weighted by Gasteiger charge is -2.31. The molecule has 0 unspecified atom stereocenters. The van der Waals surface area contributed by atoms with E-state index in [0.717, 1.165) is 6.07 Å². The Labute approximate surface area is 234 Å². The van der Waals surface area contributed by atoms with Crippen LogP contribution >= 0.6 is 22.9 Å². The number of fused-ring (bicyclic) bond motifs is 1. The molecule has 2 aromatic heterocycles. The topological polar surface area (TPSA) is 139 Å². The molecular weight excluding hydrogens is 571 g/mol. The number of nitrogens with one attached hydrogen (secondary N) is 2. The number of alkyl halides is 3. The maximum absolute atomic E-state index is 12.9. The second kappa shape index (κ2) is 11.1. The normalized spacial score (nSPS) is 14.9. The van der Waals surface area contributed by atoms with Crippen molar-refractivity contribution in [3.63, 3.8) is 0 Å². The summed E-state index contributed by atoms with van der Waals surface area (Å²) in [6.45, 7) is 0.626. The number of imidazole rings is 1. The van der Waals surface area contributed by atoms with Gasteiger partial charge in [0.2, 0.25) is 11.9 Å². The molecule has 0 bridgehead atoms. The van der Waals surface area contributed by atoms with Gasteiger partial charge in [0.15, 0.2) is 0 Å². The van der Waals surface area contributed by atoms with E-state index in [2.05, 4.69) is 30.0 Å². The molecule has 2 amide bonds. The molecule has 2 aromatic carbocycles. The first-order valence-electron chi connectivity index (χ1n) is 12.0. The van der Waals surface area contributed by atoms with Crippen molar-refractivity contribution in [2.75, 3.05) is 13.1 Å². The van der Waals surface area contributed by atoms with Gasteiger partial charge in [-0.15, -0.1) is 24.5 Å². The maximum Gasteiger partial charge on any atom is 0.573 e. The largest absolute Gasteiger partial charge is 0.573 e. The second-order valence-corrected chi connectivity index (χ2v) is 10.2. The number of hydrogen-bond acceptors (Lipinski definition) is 7. The number of nitrogens with zero attached hydrogens (tertiary/aromatic N) is 4. The Hall–Kier alpha value is -4.17. The van der Waals surface area contributed by atoms with Gasteiger partial charge in [-0.25, -0.2) is 9.97 Å². The van der Waals surface area contributed by atoms with Crippen molar-refractivity contribution in [1.82, 2.24) is 25.2 Å². The number of halogens is 4. The van der Waals surface area contributed by atoms with E-state index in [9.17, 15) is 22.8 Å². The summed E-state index contributed by atoms with van der Waals surface area (Å²) in [6, 6.07) is 10.4. The highest BCUT2D eigenvalue weighted by atomic mass is 35.5. The van der Waals surface area contributed by atoms with Gasteiger partial charge >= 0.3 is 6.36 Å². The van der Waals surface area contributed by atoms with Gasteiger partial charge in [-0.2, -0.15) is 4.99 Å². The number of aliphatic imine (C=N–C) groups is 1. The third kappa shape index (κ3) is 6.34. The van der Waals surface area contributed by atoms with Crippen LogP contribution in [-0.2, 0) is 0 Å². The minimum atomic E-state index is -4.91. The average molecular weight is 592 g/mol. The standard InChI is InChI=1S/C25H21ClF3N7O3S/c26-14-5-6-16-17(11-14)33-24(32-16)35-23(30)34-20(37)18-12-40-21(31-18)13-7-9-36(10-8-13)22(38)15-3-1-2-4-19(15)39-25(27,28)29/h1-6,11-13H,7-10H2,(H4,30,32,33,34,35,37). The first kappa shape index (κ1) is 27.4. The number of carbonyl (C=O) groups is 2. The van der Waals surface area contributed by atoms with Gasteiger partial charge < -0.3 is 20.4 Å². The Kier molecular flexibility index (Phi) is 7.63. The number of ether oxygens (including phenoxy) is 1. The van der Waals surface area contributed by atoms with E-state index in [1.807, 2.05) is 0 Å². The Morgan fingerprint density at radius 2 is 1.93 bits per heavy atom. The van der Waals surface area contributed by atoms with Gasteiger partial charge in [-0.1, -0.05) is 23.7 Å². The predicted molar refractivity (Wildman–Crippen MR) is 143 cm³/mol. The molecule has 1 aliphatic rings. The van der Waals surface area contributed by atoms with E-state index in [-0.39, 0.29) is 29.1 Å². The maximum atomic E-state index is 12.9. The first-order chi connectivity index (χ1) is 19.1. The van der Waals surface area contributed by atoms with Crippen LogP contribution in [0.5, 0.6) is 5.75 Å². The lowest BCUT2D eigenvalue weighted by atomic mass is 9.97. The molecule has 0 radical (unpaired) electrons. The van der Waals surface area contributed by atoms with Gasteiger partial charge in [-0.05, 0) is 43.2 Å². The molecule has 208 valence electrons. The molecule has 0 spiro atoms. The molecule has 15 heteroatoms. The minimum absolute atomic E-state index is 0.0225. The predicted octanol–water partition coefficient (Wildman–Crippen LogP) is 4.97. The molecule has 4 N–H and O–H groups in total. The van der Waals surface area contributed by atoms with Gasteiger partial charge in [0.25, 0.3) is 11.8 Å². The van der Waals surface area contributed by atoms with Gasteiger partial charge in [-0.3, -0.25) is 14.9 Å². The molecular formula is C25H21ClF3N7O3S. The number of rotatable bonds is 5. The molecule has 40 heavy (non-hydrogen) atoms. The van der Waals surface area contributed by atoms with Gasteiger partial charge in [0, 0.05) is 29.4 Å². The summed E-state index contributed by atoms with van der Waals surface area (Å²) in [5.41, 5.74) is 7.19. The van der Waals surface area contributed by atoms with Crippen LogP contribution in [0, 0.1) is 0 Å². The second-order valence-electron chi connectivity index (χ2n) is 8.85. The van der Waals surface area contributed by atoms with E-state index in [0.29, 0.717) is 47.0 Å². The highest BCUT2D eigenvalue weighted by Crippen LogP contribution is 2.33. The average Bonchev–Trinajstić information content (AvgIpc) is 3.55. The Balaban J connectivity index is 1.18. The molecule has 4 aromatic rings. The van der Waals surface area contributed by atoms with Crippen LogP contribution in [0.15, 0.2) is 52.8 Å². The summed E-state index contributed by atoms with van der Waals surface area (Å²) in [5.74, 6) is -1.62.